The standard InChI is InChI=1S/C30H46FN5O3.C7H14.CH4O/c1-7-12-25(16-15-23(3)4)21-33-30(39)28(32-8-2)34-29(38)26(19-24-13-10-9-11-14-24)20-27(37)36(6)18-17-35(5)22-31;1-7-5-3-2-4-6-7;1-2/h2,9-11,13-14,23,25-26H,7,12,15-22H2,1,3-6H3,(H,33,39)(H,32,34,38);7H,2-6H2,1H3;2H,1H3/t25?,26-;;/m1../s1. The van der Waals surface area contributed by atoms with E-state index in [2.05, 4.69) is 49.4 Å². The quantitative estimate of drug-likeness (QED) is 0.0886. The number of nitrogens with zero attached hydrogens (tertiary/aromatic N) is 3. The number of amidine groups is 1. The Morgan fingerprint density at radius 2 is 1.69 bits per heavy atom. The molecule has 9 nitrogen and oxygen atoms in total. The van der Waals surface area contributed by atoms with Crippen molar-refractivity contribution in [1.29, 1.82) is 0 Å². The number of aliphatic hydroxyl groups excluding tert-OH is 1. The molecule has 0 aromatic heterocycles. The van der Waals surface area contributed by atoms with E-state index in [1.807, 2.05) is 30.3 Å². The van der Waals surface area contributed by atoms with Crippen molar-refractivity contribution in [3.8, 4) is 12.5 Å². The minimum Gasteiger partial charge on any atom is -0.400 e. The van der Waals surface area contributed by atoms with E-state index < -0.39 is 24.5 Å². The molecule has 0 heterocycles. The van der Waals surface area contributed by atoms with Crippen molar-refractivity contribution in [2.75, 3.05) is 47.6 Å². The van der Waals surface area contributed by atoms with Crippen molar-refractivity contribution in [2.45, 2.75) is 98.3 Å². The van der Waals surface area contributed by atoms with Crippen molar-refractivity contribution in [3.63, 3.8) is 0 Å². The third-order valence-corrected chi connectivity index (χ3v) is 8.49. The molecule has 0 bridgehead atoms. The number of rotatable bonds is 16. The van der Waals surface area contributed by atoms with Gasteiger partial charge in [-0.05, 0) is 49.6 Å². The molecule has 272 valence electrons. The molecule has 3 amide bonds. The molecular weight excluding hydrogens is 609 g/mol. The summed E-state index contributed by atoms with van der Waals surface area (Å²) in [6.45, 7) is 9.35. The van der Waals surface area contributed by atoms with Crippen LogP contribution in [-0.4, -0.2) is 86.1 Å². The summed E-state index contributed by atoms with van der Waals surface area (Å²) in [6, 6.07) is 11.4. The predicted octanol–water partition coefficient (Wildman–Crippen LogP) is 5.82. The summed E-state index contributed by atoms with van der Waals surface area (Å²) in [5.74, 6) is -0.426. The van der Waals surface area contributed by atoms with Crippen LogP contribution in [0.3, 0.4) is 0 Å². The lowest BCUT2D eigenvalue weighted by Gasteiger charge is -2.23. The number of carbonyl (C=O) groups is 3. The van der Waals surface area contributed by atoms with Gasteiger partial charge in [-0.2, -0.15) is 4.99 Å². The summed E-state index contributed by atoms with van der Waals surface area (Å²) in [6.07, 6.45) is 17.0. The highest BCUT2D eigenvalue weighted by atomic mass is 19.1. The second kappa shape index (κ2) is 27.6. The Kier molecular flexibility index (Phi) is 25.7. The van der Waals surface area contributed by atoms with Crippen LogP contribution in [0.1, 0.15) is 97.5 Å². The third-order valence-electron chi connectivity index (χ3n) is 8.49. The van der Waals surface area contributed by atoms with Gasteiger partial charge in [0.1, 0.15) is 6.80 Å². The molecular formula is C38H64FN5O4. The lowest BCUT2D eigenvalue weighted by atomic mass is 9.91. The molecule has 2 atom stereocenters. The zero-order valence-electron chi connectivity index (χ0n) is 30.8. The van der Waals surface area contributed by atoms with Crippen LogP contribution in [0.25, 0.3) is 0 Å². The van der Waals surface area contributed by atoms with Crippen molar-refractivity contribution in [1.82, 2.24) is 20.4 Å². The average Bonchev–Trinajstić information content (AvgIpc) is 3.09. The maximum absolute atomic E-state index is 13.4. The number of alkyl halides is 1. The molecule has 0 radical (unpaired) electrons. The third kappa shape index (κ3) is 20.8. The highest BCUT2D eigenvalue weighted by molar-refractivity contribution is 6.40. The van der Waals surface area contributed by atoms with Crippen molar-refractivity contribution >= 4 is 23.6 Å². The van der Waals surface area contributed by atoms with E-state index in [0.29, 0.717) is 31.5 Å². The summed E-state index contributed by atoms with van der Waals surface area (Å²) >= 11 is 0. The number of aliphatic hydroxyl groups is 1. The fraction of sp³-hybridized carbons (Fsp3) is 0.684. The fourth-order valence-electron chi connectivity index (χ4n) is 5.40. The van der Waals surface area contributed by atoms with E-state index in [1.54, 1.807) is 14.1 Å². The second-order valence-electron chi connectivity index (χ2n) is 13.3. The Morgan fingerprint density at radius 3 is 2.21 bits per heavy atom. The van der Waals surface area contributed by atoms with E-state index >= 15 is 0 Å². The molecule has 1 fully saturated rings. The summed E-state index contributed by atoms with van der Waals surface area (Å²) in [4.78, 5) is 46.0. The smallest absolute Gasteiger partial charge is 0.287 e. The molecule has 1 aromatic rings. The first kappa shape index (κ1) is 44.7. The molecule has 3 N–H and O–H groups in total. The molecule has 0 spiro atoms. The first-order valence-corrected chi connectivity index (χ1v) is 17.6. The van der Waals surface area contributed by atoms with Crippen LogP contribution in [0.4, 0.5) is 4.39 Å². The monoisotopic (exact) mass is 673 g/mol. The lowest BCUT2D eigenvalue weighted by Crippen LogP contribution is -2.47. The maximum atomic E-state index is 13.4. The number of hydrogen-bond acceptors (Lipinski definition) is 6. The summed E-state index contributed by atoms with van der Waals surface area (Å²) in [5.41, 5.74) is 0.873. The number of benzene rings is 1. The summed E-state index contributed by atoms with van der Waals surface area (Å²) in [7, 11) is 4.24. The molecule has 1 aliphatic rings. The number of carbonyl (C=O) groups excluding carboxylic acids is 3. The molecule has 0 saturated heterocycles. The number of amides is 3. The van der Waals surface area contributed by atoms with Gasteiger partial charge < -0.3 is 20.6 Å². The zero-order valence-corrected chi connectivity index (χ0v) is 30.8. The molecule has 10 heteroatoms. The molecule has 48 heavy (non-hydrogen) atoms. The number of terminal acetylenes is 1. The number of likely N-dealkylation sites (N-methyl/N-ethyl adjacent to an activating group) is 2. The van der Waals surface area contributed by atoms with Crippen LogP contribution in [-0.2, 0) is 20.8 Å². The minimum absolute atomic E-state index is 0.0880. The summed E-state index contributed by atoms with van der Waals surface area (Å²) < 4.78 is 12.8. The van der Waals surface area contributed by atoms with Gasteiger partial charge in [0.25, 0.3) is 5.91 Å². The molecule has 1 unspecified atom stereocenters. The van der Waals surface area contributed by atoms with Crippen LogP contribution in [0.2, 0.25) is 0 Å². The Bertz CT molecular complexity index is 1090. The first-order chi connectivity index (χ1) is 23.0. The number of hydrogen-bond donors (Lipinski definition) is 3. The topological polar surface area (TPSA) is 114 Å². The van der Waals surface area contributed by atoms with E-state index in [9.17, 15) is 18.8 Å². The average molecular weight is 674 g/mol. The second-order valence-corrected chi connectivity index (χ2v) is 13.3. The number of aliphatic imine (C=N–C) groups is 1. The van der Waals surface area contributed by atoms with Crippen molar-refractivity contribution in [3.05, 3.63) is 35.9 Å². The molecule has 0 aliphatic heterocycles. The summed E-state index contributed by atoms with van der Waals surface area (Å²) in [5, 5.41) is 12.4. The highest BCUT2D eigenvalue weighted by Gasteiger charge is 2.27. The minimum atomic E-state index is -0.768. The van der Waals surface area contributed by atoms with Crippen LogP contribution >= 0.6 is 0 Å². The molecule has 2 rings (SSSR count). The normalized spacial score (nSPS) is 14.4. The Morgan fingerprint density at radius 1 is 1.04 bits per heavy atom. The van der Waals surface area contributed by atoms with Gasteiger partial charge in [-0.15, -0.1) is 0 Å². The molecule has 1 saturated carbocycles. The van der Waals surface area contributed by atoms with Crippen LogP contribution in [0.15, 0.2) is 35.3 Å². The van der Waals surface area contributed by atoms with Gasteiger partial charge in [0.2, 0.25) is 17.6 Å². The Hall–Kier alpha value is -3.29. The Balaban J connectivity index is 0.00000213. The van der Waals surface area contributed by atoms with Crippen LogP contribution in [0.5, 0.6) is 0 Å². The largest absolute Gasteiger partial charge is 0.400 e. The lowest BCUT2D eigenvalue weighted by molar-refractivity contribution is -0.135. The SMILES string of the molecule is C#CN=C(NC(=O)[C@@H](CC(=O)N(C)CCN(C)CF)Cc1ccccc1)C(=O)NCC(CCC)CCC(C)C.CC1CCCCC1.CO. The van der Waals surface area contributed by atoms with Crippen LogP contribution in [0, 0.1) is 36.1 Å². The van der Waals surface area contributed by atoms with Gasteiger partial charge in [0.05, 0.1) is 5.92 Å². The maximum Gasteiger partial charge on any atom is 0.287 e. The first-order valence-electron chi connectivity index (χ1n) is 17.6. The molecule has 1 aliphatic carbocycles. The highest BCUT2D eigenvalue weighted by Crippen LogP contribution is 2.22. The number of halogens is 1. The fourth-order valence-corrected chi connectivity index (χ4v) is 5.40. The van der Waals surface area contributed by atoms with Crippen molar-refractivity contribution in [2.24, 2.45) is 28.7 Å². The van der Waals surface area contributed by atoms with E-state index in [4.69, 9.17) is 11.5 Å². The van der Waals surface area contributed by atoms with Gasteiger partial charge in [-0.25, -0.2) is 4.39 Å². The number of nitrogens with one attached hydrogen (secondary N) is 2. The van der Waals surface area contributed by atoms with Crippen molar-refractivity contribution < 1.29 is 23.9 Å². The predicted molar refractivity (Wildman–Crippen MR) is 195 cm³/mol. The Labute approximate surface area is 290 Å². The van der Waals surface area contributed by atoms with Gasteiger partial charge in [-0.1, -0.05) is 109 Å². The zero-order chi connectivity index (χ0) is 36.3. The van der Waals surface area contributed by atoms with Crippen LogP contribution < -0.4 is 10.6 Å². The van der Waals surface area contributed by atoms with E-state index in [-0.39, 0.29) is 24.6 Å². The van der Waals surface area contributed by atoms with E-state index in [0.717, 1.165) is 44.3 Å². The van der Waals surface area contributed by atoms with Gasteiger partial charge in [-0.3, -0.25) is 19.3 Å². The van der Waals surface area contributed by atoms with Gasteiger partial charge in [0.15, 0.2) is 0 Å². The van der Waals surface area contributed by atoms with E-state index in [1.165, 1.54) is 41.9 Å². The van der Waals surface area contributed by atoms with Gasteiger partial charge in [0, 0.05) is 46.3 Å². The van der Waals surface area contributed by atoms with Gasteiger partial charge >= 0.3 is 0 Å². The molecule has 1 aromatic carbocycles.